The van der Waals surface area contributed by atoms with Crippen LogP contribution in [-0.2, 0) is 16.8 Å². The molecule has 1 aliphatic carbocycles. The molecule has 1 fully saturated rings. The number of imidazole rings is 1. The molecule has 2 N–H and O–H groups in total. The summed E-state index contributed by atoms with van der Waals surface area (Å²) in [6.45, 7) is 0.459. The molecule has 1 heterocycles. The van der Waals surface area contributed by atoms with Crippen molar-refractivity contribution in [1.82, 2.24) is 15.3 Å². The van der Waals surface area contributed by atoms with Crippen LogP contribution in [0.4, 0.5) is 0 Å². The van der Waals surface area contributed by atoms with E-state index in [0.717, 1.165) is 37.1 Å². The van der Waals surface area contributed by atoms with Crippen molar-refractivity contribution in [3.63, 3.8) is 0 Å². The van der Waals surface area contributed by atoms with Gasteiger partial charge in [0.2, 0.25) is 5.91 Å². The van der Waals surface area contributed by atoms with Gasteiger partial charge >= 0.3 is 0 Å². The van der Waals surface area contributed by atoms with Gasteiger partial charge in [0.05, 0.1) is 12.0 Å². The molecule has 0 aliphatic heterocycles. The molecule has 0 saturated heterocycles. The lowest BCUT2D eigenvalue weighted by molar-refractivity contribution is -0.126. The normalized spacial score (nSPS) is 17.0. The van der Waals surface area contributed by atoms with Crippen molar-refractivity contribution in [2.24, 2.45) is 0 Å². The van der Waals surface area contributed by atoms with Crippen LogP contribution in [0.5, 0.6) is 0 Å². The molecule has 0 bridgehead atoms. The van der Waals surface area contributed by atoms with E-state index >= 15 is 0 Å². The number of carbonyl (C=O) groups is 1. The average molecular weight is 269 g/mol. The molecule has 2 aromatic rings. The standard InChI is InChI=1S/C16H19N3O/c20-15(19-12-14-17-10-11-18-14)16(8-4-5-9-16)13-6-2-1-3-7-13/h1-3,6-7,10-11H,4-5,8-9,12H2,(H,17,18)(H,19,20). The van der Waals surface area contributed by atoms with Crippen molar-refractivity contribution < 1.29 is 4.79 Å². The number of amides is 1. The lowest BCUT2D eigenvalue weighted by Crippen LogP contribution is -2.42. The summed E-state index contributed by atoms with van der Waals surface area (Å²) in [6.07, 6.45) is 7.56. The van der Waals surface area contributed by atoms with Gasteiger partial charge in [-0.1, -0.05) is 43.2 Å². The molecule has 1 amide bonds. The van der Waals surface area contributed by atoms with Gasteiger partial charge in [-0.25, -0.2) is 4.98 Å². The van der Waals surface area contributed by atoms with Crippen molar-refractivity contribution in [3.05, 3.63) is 54.1 Å². The van der Waals surface area contributed by atoms with Gasteiger partial charge in [0, 0.05) is 12.4 Å². The number of nitrogens with one attached hydrogen (secondary N) is 2. The third kappa shape index (κ3) is 2.33. The maximum absolute atomic E-state index is 12.7. The SMILES string of the molecule is O=C(NCc1ncc[nH]1)C1(c2ccccc2)CCCC1. The van der Waals surface area contributed by atoms with E-state index < -0.39 is 0 Å². The molecule has 1 aliphatic rings. The lowest BCUT2D eigenvalue weighted by atomic mass is 9.78. The van der Waals surface area contributed by atoms with Gasteiger partial charge < -0.3 is 10.3 Å². The fourth-order valence-electron chi connectivity index (χ4n) is 3.11. The minimum absolute atomic E-state index is 0.123. The van der Waals surface area contributed by atoms with Gasteiger partial charge in [0.25, 0.3) is 0 Å². The third-order valence-electron chi connectivity index (χ3n) is 4.19. The van der Waals surface area contributed by atoms with Crippen LogP contribution in [0, 0.1) is 0 Å². The van der Waals surface area contributed by atoms with E-state index in [4.69, 9.17) is 0 Å². The van der Waals surface area contributed by atoms with Gasteiger partial charge in [-0.2, -0.15) is 0 Å². The molecule has 0 radical (unpaired) electrons. The number of carbonyl (C=O) groups excluding carboxylic acids is 1. The second-order valence-corrected chi connectivity index (χ2v) is 5.37. The summed E-state index contributed by atoms with van der Waals surface area (Å²) in [4.78, 5) is 19.9. The molecule has 1 saturated carbocycles. The van der Waals surface area contributed by atoms with E-state index in [1.807, 2.05) is 18.2 Å². The summed E-state index contributed by atoms with van der Waals surface area (Å²) >= 11 is 0. The van der Waals surface area contributed by atoms with Crippen molar-refractivity contribution in [2.45, 2.75) is 37.6 Å². The Kier molecular flexibility index (Phi) is 3.54. The molecule has 1 aromatic carbocycles. The minimum Gasteiger partial charge on any atom is -0.348 e. The van der Waals surface area contributed by atoms with E-state index in [0.29, 0.717) is 6.54 Å². The highest BCUT2D eigenvalue weighted by atomic mass is 16.2. The van der Waals surface area contributed by atoms with Crippen molar-refractivity contribution >= 4 is 5.91 Å². The maximum atomic E-state index is 12.7. The second-order valence-electron chi connectivity index (χ2n) is 5.37. The smallest absolute Gasteiger partial charge is 0.231 e. The fourth-order valence-corrected chi connectivity index (χ4v) is 3.11. The highest BCUT2D eigenvalue weighted by Crippen LogP contribution is 2.41. The highest BCUT2D eigenvalue weighted by molar-refractivity contribution is 5.88. The first-order chi connectivity index (χ1) is 9.81. The molecular formula is C16H19N3O. The van der Waals surface area contributed by atoms with Crippen molar-refractivity contribution in [1.29, 1.82) is 0 Å². The Morgan fingerprint density at radius 1 is 1.25 bits per heavy atom. The number of aromatic nitrogens is 2. The zero-order valence-corrected chi connectivity index (χ0v) is 11.4. The van der Waals surface area contributed by atoms with E-state index in [1.165, 1.54) is 0 Å². The number of rotatable bonds is 4. The highest BCUT2D eigenvalue weighted by Gasteiger charge is 2.42. The lowest BCUT2D eigenvalue weighted by Gasteiger charge is -2.28. The van der Waals surface area contributed by atoms with Crippen LogP contribution in [0.25, 0.3) is 0 Å². The van der Waals surface area contributed by atoms with E-state index in [1.54, 1.807) is 12.4 Å². The van der Waals surface area contributed by atoms with Crippen molar-refractivity contribution in [3.8, 4) is 0 Å². The molecule has 0 atom stereocenters. The summed E-state index contributed by atoms with van der Waals surface area (Å²) in [5.41, 5.74) is 0.780. The number of nitrogens with zero attached hydrogens (tertiary/aromatic N) is 1. The summed E-state index contributed by atoms with van der Waals surface area (Å²) in [5, 5.41) is 3.03. The number of hydrogen-bond donors (Lipinski definition) is 2. The Balaban J connectivity index is 1.78. The maximum Gasteiger partial charge on any atom is 0.231 e. The summed E-state index contributed by atoms with van der Waals surface area (Å²) in [6, 6.07) is 10.1. The Bertz CT molecular complexity index is 557. The van der Waals surface area contributed by atoms with E-state index in [9.17, 15) is 4.79 Å². The predicted octanol–water partition coefficient (Wildman–Crippen LogP) is 2.54. The molecule has 0 unspecified atom stereocenters. The van der Waals surface area contributed by atoms with Crippen LogP contribution >= 0.6 is 0 Å². The van der Waals surface area contributed by atoms with Crippen LogP contribution in [-0.4, -0.2) is 15.9 Å². The molecule has 0 spiro atoms. The van der Waals surface area contributed by atoms with Crippen LogP contribution in [0.1, 0.15) is 37.1 Å². The Hall–Kier alpha value is -2.10. The number of aromatic amines is 1. The first-order valence-corrected chi connectivity index (χ1v) is 7.13. The average Bonchev–Trinajstić information content (AvgIpc) is 3.18. The molecule has 1 aromatic heterocycles. The van der Waals surface area contributed by atoms with Gasteiger partial charge in [-0.15, -0.1) is 0 Å². The van der Waals surface area contributed by atoms with Crippen LogP contribution in [0.2, 0.25) is 0 Å². The molecule has 104 valence electrons. The van der Waals surface area contributed by atoms with Gasteiger partial charge in [0.15, 0.2) is 0 Å². The summed E-state index contributed by atoms with van der Waals surface area (Å²) in [7, 11) is 0. The summed E-state index contributed by atoms with van der Waals surface area (Å²) < 4.78 is 0. The van der Waals surface area contributed by atoms with Crippen LogP contribution in [0.3, 0.4) is 0 Å². The van der Waals surface area contributed by atoms with Crippen LogP contribution < -0.4 is 5.32 Å². The Labute approximate surface area is 118 Å². The first-order valence-electron chi connectivity index (χ1n) is 7.13. The predicted molar refractivity (Wildman–Crippen MR) is 77.0 cm³/mol. The number of benzene rings is 1. The number of hydrogen-bond acceptors (Lipinski definition) is 2. The topological polar surface area (TPSA) is 57.8 Å². The number of H-pyrrole nitrogens is 1. The van der Waals surface area contributed by atoms with Gasteiger partial charge in [0.1, 0.15) is 5.82 Å². The fraction of sp³-hybridized carbons (Fsp3) is 0.375. The zero-order chi connectivity index (χ0) is 13.8. The van der Waals surface area contributed by atoms with E-state index in [2.05, 4.69) is 27.4 Å². The first kappa shape index (κ1) is 12.9. The van der Waals surface area contributed by atoms with Gasteiger partial charge in [-0.3, -0.25) is 4.79 Å². The minimum atomic E-state index is -0.353. The second kappa shape index (κ2) is 5.49. The quantitative estimate of drug-likeness (QED) is 0.896. The molecular weight excluding hydrogens is 250 g/mol. The summed E-state index contributed by atoms with van der Waals surface area (Å²) in [5.74, 6) is 0.914. The molecule has 20 heavy (non-hydrogen) atoms. The van der Waals surface area contributed by atoms with Crippen LogP contribution in [0.15, 0.2) is 42.7 Å². The third-order valence-corrected chi connectivity index (χ3v) is 4.19. The molecule has 4 nitrogen and oxygen atoms in total. The molecule has 3 rings (SSSR count). The van der Waals surface area contributed by atoms with Gasteiger partial charge in [-0.05, 0) is 18.4 Å². The largest absolute Gasteiger partial charge is 0.348 e. The Morgan fingerprint density at radius 3 is 2.65 bits per heavy atom. The van der Waals surface area contributed by atoms with E-state index in [-0.39, 0.29) is 11.3 Å². The Morgan fingerprint density at radius 2 is 2.00 bits per heavy atom. The van der Waals surface area contributed by atoms with Crippen molar-refractivity contribution in [2.75, 3.05) is 0 Å². The molecule has 4 heteroatoms. The zero-order valence-electron chi connectivity index (χ0n) is 11.4. The monoisotopic (exact) mass is 269 g/mol.